The monoisotopic (exact) mass is 334 g/mol. The molecular formula is C16H18N2O4S. The zero-order valence-corrected chi connectivity index (χ0v) is 13.9. The number of nitrogens with zero attached hydrogens (tertiary/aromatic N) is 1. The molecule has 3 rings (SSSR count). The van der Waals surface area contributed by atoms with Gasteiger partial charge in [0.1, 0.15) is 17.5 Å². The van der Waals surface area contributed by atoms with E-state index >= 15 is 0 Å². The Morgan fingerprint density at radius 1 is 1.35 bits per heavy atom. The molecular weight excluding hydrogens is 316 g/mol. The fourth-order valence-electron chi connectivity index (χ4n) is 3.16. The molecule has 0 bridgehead atoms. The lowest BCUT2D eigenvalue weighted by Crippen LogP contribution is -2.55. The van der Waals surface area contributed by atoms with Gasteiger partial charge in [-0.25, -0.2) is 0 Å². The van der Waals surface area contributed by atoms with Gasteiger partial charge in [-0.05, 0) is 32.4 Å². The number of carbonyl (C=O) groups is 3. The van der Waals surface area contributed by atoms with Crippen LogP contribution >= 0.6 is 11.8 Å². The number of fused-ring (bicyclic) bond motifs is 3. The summed E-state index contributed by atoms with van der Waals surface area (Å²) in [6.07, 6.45) is 0. The molecule has 2 heterocycles. The Kier molecular flexibility index (Phi) is 3.63. The molecule has 2 aliphatic rings. The number of carboxylic acid groups (broad SMARTS) is 1. The Morgan fingerprint density at radius 2 is 2.00 bits per heavy atom. The summed E-state index contributed by atoms with van der Waals surface area (Å²) in [6.45, 7) is 5.22. The van der Waals surface area contributed by atoms with Crippen LogP contribution in [0.15, 0.2) is 24.3 Å². The van der Waals surface area contributed by atoms with Crippen LogP contribution in [0.2, 0.25) is 0 Å². The van der Waals surface area contributed by atoms with Gasteiger partial charge in [0.05, 0.1) is 0 Å². The van der Waals surface area contributed by atoms with E-state index in [4.69, 9.17) is 5.11 Å². The molecule has 122 valence electrons. The van der Waals surface area contributed by atoms with E-state index in [1.165, 1.54) is 6.92 Å². The largest absolute Gasteiger partial charge is 0.480 e. The second-order valence-corrected chi connectivity index (χ2v) is 8.08. The van der Waals surface area contributed by atoms with Crippen molar-refractivity contribution in [3.8, 4) is 0 Å². The first-order chi connectivity index (χ1) is 10.7. The third kappa shape index (κ3) is 2.39. The molecule has 0 aromatic heterocycles. The van der Waals surface area contributed by atoms with Crippen LogP contribution in [0.5, 0.6) is 0 Å². The Balaban J connectivity index is 1.94. The highest BCUT2D eigenvalue weighted by molar-refractivity contribution is 8.01. The molecule has 2 amide bonds. The van der Waals surface area contributed by atoms with Gasteiger partial charge in [-0.2, -0.15) is 0 Å². The normalized spacial score (nSPS) is 25.7. The molecule has 1 saturated heterocycles. The van der Waals surface area contributed by atoms with Gasteiger partial charge in [0.15, 0.2) is 0 Å². The number of thioether (sulfide) groups is 1. The zero-order valence-electron chi connectivity index (χ0n) is 13.1. The first-order valence-corrected chi connectivity index (χ1v) is 8.24. The average Bonchev–Trinajstić information content (AvgIpc) is 2.90. The fraction of sp³-hybridized carbons (Fsp3) is 0.438. The van der Waals surface area contributed by atoms with Crippen LogP contribution < -0.4 is 5.32 Å². The fourth-order valence-corrected chi connectivity index (χ4v) is 4.75. The molecule has 2 N–H and O–H groups in total. The van der Waals surface area contributed by atoms with Gasteiger partial charge in [-0.15, -0.1) is 11.8 Å². The van der Waals surface area contributed by atoms with E-state index in [1.54, 1.807) is 28.8 Å². The first kappa shape index (κ1) is 15.9. The molecule has 1 aromatic rings. The molecule has 0 unspecified atom stereocenters. The van der Waals surface area contributed by atoms with E-state index in [0.29, 0.717) is 5.56 Å². The smallest absolute Gasteiger partial charge is 0.325 e. The Morgan fingerprint density at radius 3 is 2.65 bits per heavy atom. The van der Waals surface area contributed by atoms with Crippen molar-refractivity contribution in [3.63, 3.8) is 0 Å². The maximum absolute atomic E-state index is 12.7. The number of aliphatic carboxylic acids is 1. The van der Waals surface area contributed by atoms with E-state index in [-0.39, 0.29) is 11.3 Å². The highest BCUT2D eigenvalue weighted by Gasteiger charge is 2.57. The summed E-state index contributed by atoms with van der Waals surface area (Å²) >= 11 is 1.55. The van der Waals surface area contributed by atoms with Crippen molar-refractivity contribution in [1.29, 1.82) is 0 Å². The summed E-state index contributed by atoms with van der Waals surface area (Å²) in [5.74, 6) is -1.71. The van der Waals surface area contributed by atoms with Gasteiger partial charge in [0, 0.05) is 10.3 Å². The predicted molar refractivity (Wildman–Crippen MR) is 86.1 cm³/mol. The first-order valence-electron chi connectivity index (χ1n) is 7.36. The summed E-state index contributed by atoms with van der Waals surface area (Å²) in [6, 6.07) is 5.64. The second-order valence-electron chi connectivity index (χ2n) is 6.34. The van der Waals surface area contributed by atoms with Gasteiger partial charge >= 0.3 is 5.97 Å². The molecule has 0 aliphatic carbocycles. The Hall–Kier alpha value is -2.02. The van der Waals surface area contributed by atoms with Crippen LogP contribution in [0, 0.1) is 0 Å². The average molecular weight is 334 g/mol. The topological polar surface area (TPSA) is 86.7 Å². The molecule has 1 aromatic carbocycles. The van der Waals surface area contributed by atoms with Crippen LogP contribution in [0.4, 0.5) is 0 Å². The van der Waals surface area contributed by atoms with Crippen molar-refractivity contribution in [2.75, 3.05) is 0 Å². The molecule has 0 saturated carbocycles. The number of benzene rings is 1. The lowest BCUT2D eigenvalue weighted by molar-refractivity contribution is -0.142. The minimum atomic E-state index is -1.10. The predicted octanol–water partition coefficient (Wildman–Crippen LogP) is 1.62. The SMILES string of the molecule is C[C@@H](NC(=O)[C@H]1N2C(=O)c3ccccc3[C@H]2SC1(C)C)C(=O)O. The van der Waals surface area contributed by atoms with Crippen molar-refractivity contribution in [1.82, 2.24) is 10.2 Å². The van der Waals surface area contributed by atoms with Crippen molar-refractivity contribution in [2.24, 2.45) is 0 Å². The van der Waals surface area contributed by atoms with Gasteiger partial charge < -0.3 is 15.3 Å². The summed E-state index contributed by atoms with van der Waals surface area (Å²) in [5.41, 5.74) is 1.53. The van der Waals surface area contributed by atoms with E-state index in [1.807, 2.05) is 26.0 Å². The number of rotatable bonds is 3. The number of amides is 2. The maximum atomic E-state index is 12.7. The molecule has 1 fully saturated rings. The Labute approximate surface area is 138 Å². The van der Waals surface area contributed by atoms with Crippen LogP contribution in [0.1, 0.15) is 42.1 Å². The minimum absolute atomic E-state index is 0.174. The van der Waals surface area contributed by atoms with E-state index in [0.717, 1.165) is 5.56 Å². The molecule has 3 atom stereocenters. The number of hydrogen-bond acceptors (Lipinski definition) is 4. The summed E-state index contributed by atoms with van der Waals surface area (Å²) < 4.78 is -0.504. The Bertz CT molecular complexity index is 703. The van der Waals surface area contributed by atoms with E-state index in [9.17, 15) is 14.4 Å². The van der Waals surface area contributed by atoms with Crippen LogP contribution in [0.3, 0.4) is 0 Å². The van der Waals surface area contributed by atoms with E-state index < -0.39 is 28.7 Å². The molecule has 6 nitrogen and oxygen atoms in total. The van der Waals surface area contributed by atoms with Crippen molar-refractivity contribution in [2.45, 2.75) is 43.0 Å². The van der Waals surface area contributed by atoms with Gasteiger partial charge in [0.2, 0.25) is 5.91 Å². The van der Waals surface area contributed by atoms with Crippen LogP contribution in [-0.4, -0.2) is 44.6 Å². The van der Waals surface area contributed by atoms with Gasteiger partial charge in [-0.3, -0.25) is 14.4 Å². The zero-order chi connectivity index (χ0) is 16.9. The van der Waals surface area contributed by atoms with Crippen LogP contribution in [-0.2, 0) is 9.59 Å². The number of nitrogens with one attached hydrogen (secondary N) is 1. The molecule has 0 radical (unpaired) electrons. The second kappa shape index (κ2) is 5.26. The number of carbonyl (C=O) groups excluding carboxylic acids is 2. The summed E-state index contributed by atoms with van der Waals surface area (Å²) in [7, 11) is 0. The third-order valence-electron chi connectivity index (χ3n) is 4.27. The highest BCUT2D eigenvalue weighted by Crippen LogP contribution is 2.56. The highest BCUT2D eigenvalue weighted by atomic mass is 32.2. The van der Waals surface area contributed by atoms with Crippen molar-refractivity contribution in [3.05, 3.63) is 35.4 Å². The molecule has 7 heteroatoms. The van der Waals surface area contributed by atoms with Gasteiger partial charge in [0.25, 0.3) is 5.91 Å². The lowest BCUT2D eigenvalue weighted by atomic mass is 10.0. The summed E-state index contributed by atoms with van der Waals surface area (Å²) in [5, 5.41) is 11.3. The van der Waals surface area contributed by atoms with Gasteiger partial charge in [-0.1, -0.05) is 18.2 Å². The molecule has 23 heavy (non-hydrogen) atoms. The third-order valence-corrected chi connectivity index (χ3v) is 5.81. The molecule has 2 aliphatic heterocycles. The summed E-state index contributed by atoms with van der Waals surface area (Å²) in [4.78, 5) is 37.9. The minimum Gasteiger partial charge on any atom is -0.480 e. The molecule has 0 spiro atoms. The van der Waals surface area contributed by atoms with Crippen molar-refractivity contribution < 1.29 is 19.5 Å². The number of hydrogen-bond donors (Lipinski definition) is 2. The number of carboxylic acids is 1. The maximum Gasteiger partial charge on any atom is 0.325 e. The van der Waals surface area contributed by atoms with E-state index in [2.05, 4.69) is 5.32 Å². The van der Waals surface area contributed by atoms with Crippen molar-refractivity contribution >= 4 is 29.5 Å². The quantitative estimate of drug-likeness (QED) is 0.877. The lowest BCUT2D eigenvalue weighted by Gasteiger charge is -2.30. The standard InChI is InChI=1S/C16H18N2O4S/c1-8(15(21)22)17-12(19)11-16(2,3)23-14-10-7-5-4-6-9(10)13(20)18(11)14/h4-8,11,14H,1-3H3,(H,17,19)(H,21,22)/t8-,11-,14-/m1/s1. The van der Waals surface area contributed by atoms with Crippen LogP contribution in [0.25, 0.3) is 0 Å².